The van der Waals surface area contributed by atoms with E-state index in [0.29, 0.717) is 12.1 Å². The van der Waals surface area contributed by atoms with Gasteiger partial charge in [-0.2, -0.15) is 0 Å². The van der Waals surface area contributed by atoms with E-state index in [0.717, 1.165) is 11.3 Å². The molecule has 1 amide bonds. The van der Waals surface area contributed by atoms with Crippen LogP contribution >= 0.6 is 0 Å². The molecule has 0 saturated carbocycles. The quantitative estimate of drug-likeness (QED) is 0.843. The van der Waals surface area contributed by atoms with E-state index in [2.05, 4.69) is 10.0 Å². The number of benzene rings is 2. The Kier molecular flexibility index (Phi) is 5.75. The predicted octanol–water partition coefficient (Wildman–Crippen LogP) is 3.18. The molecule has 128 valence electrons. The van der Waals surface area contributed by atoms with Crippen molar-refractivity contribution >= 4 is 21.6 Å². The summed E-state index contributed by atoms with van der Waals surface area (Å²) in [5.74, 6) is -0.0534. The summed E-state index contributed by atoms with van der Waals surface area (Å²) in [6.45, 7) is 6.15. The number of sulfonamides is 1. The smallest absolute Gasteiger partial charge is 0.255 e. The molecule has 5 nitrogen and oxygen atoms in total. The Balaban J connectivity index is 2.11. The van der Waals surface area contributed by atoms with Crippen molar-refractivity contribution in [2.24, 2.45) is 5.92 Å². The third kappa shape index (κ3) is 4.66. The first-order valence-electron chi connectivity index (χ1n) is 7.76. The topological polar surface area (TPSA) is 75.3 Å². The van der Waals surface area contributed by atoms with Gasteiger partial charge < -0.3 is 5.32 Å². The molecule has 0 aliphatic carbocycles. The lowest BCUT2D eigenvalue weighted by atomic mass is 10.1. The molecule has 0 heterocycles. The van der Waals surface area contributed by atoms with Crippen LogP contribution in [0.3, 0.4) is 0 Å². The van der Waals surface area contributed by atoms with Crippen molar-refractivity contribution in [1.29, 1.82) is 0 Å². The highest BCUT2D eigenvalue weighted by Gasteiger charge is 2.15. The van der Waals surface area contributed by atoms with E-state index in [1.807, 2.05) is 45.0 Å². The summed E-state index contributed by atoms with van der Waals surface area (Å²) in [4.78, 5) is 12.4. The Bertz CT molecular complexity index is 812. The van der Waals surface area contributed by atoms with Crippen molar-refractivity contribution < 1.29 is 13.2 Å². The van der Waals surface area contributed by atoms with Gasteiger partial charge >= 0.3 is 0 Å². The van der Waals surface area contributed by atoms with Crippen LogP contribution in [0.4, 0.5) is 5.69 Å². The van der Waals surface area contributed by atoms with Crippen molar-refractivity contribution in [1.82, 2.24) is 4.72 Å². The van der Waals surface area contributed by atoms with Crippen LogP contribution in [0.5, 0.6) is 0 Å². The van der Waals surface area contributed by atoms with Crippen LogP contribution < -0.4 is 10.0 Å². The van der Waals surface area contributed by atoms with Crippen LogP contribution in [0.25, 0.3) is 0 Å². The number of amides is 1. The maximum absolute atomic E-state index is 12.3. The van der Waals surface area contributed by atoms with Crippen LogP contribution in [-0.4, -0.2) is 20.9 Å². The number of rotatable bonds is 6. The standard InChI is InChI=1S/C18H22N2O3S/c1-13(2)12-19-24(22,23)16-10-8-15(9-11-16)18(21)20-17-7-5-4-6-14(17)3/h4-11,13,19H,12H2,1-3H3,(H,20,21). The van der Waals surface area contributed by atoms with Crippen LogP contribution in [0.15, 0.2) is 53.4 Å². The second-order valence-corrected chi connectivity index (χ2v) is 7.81. The van der Waals surface area contributed by atoms with Crippen LogP contribution in [-0.2, 0) is 10.0 Å². The van der Waals surface area contributed by atoms with Gasteiger partial charge in [0.2, 0.25) is 10.0 Å². The van der Waals surface area contributed by atoms with Crippen molar-refractivity contribution in [2.75, 3.05) is 11.9 Å². The summed E-state index contributed by atoms with van der Waals surface area (Å²) in [6.07, 6.45) is 0. The lowest BCUT2D eigenvalue weighted by Gasteiger charge is -2.10. The van der Waals surface area contributed by atoms with Crippen molar-refractivity contribution in [2.45, 2.75) is 25.7 Å². The molecule has 0 atom stereocenters. The zero-order valence-corrected chi connectivity index (χ0v) is 14.9. The van der Waals surface area contributed by atoms with Gasteiger partial charge in [0.05, 0.1) is 4.90 Å². The van der Waals surface area contributed by atoms with Gasteiger partial charge in [0, 0.05) is 17.8 Å². The van der Waals surface area contributed by atoms with Gasteiger partial charge in [-0.3, -0.25) is 4.79 Å². The molecule has 0 aliphatic heterocycles. The second kappa shape index (κ2) is 7.59. The summed E-state index contributed by atoms with van der Waals surface area (Å²) in [7, 11) is -3.55. The molecule has 0 aromatic heterocycles. The van der Waals surface area contributed by atoms with E-state index in [9.17, 15) is 13.2 Å². The summed E-state index contributed by atoms with van der Waals surface area (Å²) >= 11 is 0. The Labute approximate surface area is 143 Å². The van der Waals surface area contributed by atoms with Crippen molar-refractivity contribution in [3.05, 3.63) is 59.7 Å². The van der Waals surface area contributed by atoms with Gasteiger partial charge in [-0.1, -0.05) is 32.0 Å². The minimum Gasteiger partial charge on any atom is -0.322 e. The highest BCUT2D eigenvalue weighted by molar-refractivity contribution is 7.89. The number of aryl methyl sites for hydroxylation is 1. The third-order valence-electron chi connectivity index (χ3n) is 3.50. The van der Waals surface area contributed by atoms with E-state index in [1.165, 1.54) is 24.3 Å². The molecule has 2 aromatic rings. The molecule has 0 unspecified atom stereocenters. The first-order valence-corrected chi connectivity index (χ1v) is 9.24. The Morgan fingerprint density at radius 2 is 1.67 bits per heavy atom. The molecular weight excluding hydrogens is 324 g/mol. The fraction of sp³-hybridized carbons (Fsp3) is 0.278. The third-order valence-corrected chi connectivity index (χ3v) is 4.94. The SMILES string of the molecule is Cc1ccccc1NC(=O)c1ccc(S(=O)(=O)NCC(C)C)cc1. The molecule has 2 N–H and O–H groups in total. The normalized spacial score (nSPS) is 11.5. The van der Waals surface area contributed by atoms with Gasteiger partial charge in [0.1, 0.15) is 0 Å². The number of nitrogens with one attached hydrogen (secondary N) is 2. The molecular formula is C18H22N2O3S. The van der Waals surface area contributed by atoms with Gasteiger partial charge in [0.15, 0.2) is 0 Å². The van der Waals surface area contributed by atoms with Gasteiger partial charge in [0.25, 0.3) is 5.91 Å². The highest BCUT2D eigenvalue weighted by atomic mass is 32.2. The molecule has 0 bridgehead atoms. The monoisotopic (exact) mass is 346 g/mol. The van der Waals surface area contributed by atoms with E-state index < -0.39 is 10.0 Å². The molecule has 0 aliphatic rings. The molecule has 0 radical (unpaired) electrons. The lowest BCUT2D eigenvalue weighted by molar-refractivity contribution is 0.102. The largest absolute Gasteiger partial charge is 0.322 e. The van der Waals surface area contributed by atoms with Gasteiger partial charge in [-0.25, -0.2) is 13.1 Å². The second-order valence-electron chi connectivity index (χ2n) is 6.04. The van der Waals surface area contributed by atoms with Crippen LogP contribution in [0.1, 0.15) is 29.8 Å². The zero-order valence-electron chi connectivity index (χ0n) is 14.0. The van der Waals surface area contributed by atoms with E-state index in [1.54, 1.807) is 0 Å². The number of carbonyl (C=O) groups excluding carboxylic acids is 1. The van der Waals surface area contributed by atoms with E-state index in [-0.39, 0.29) is 16.7 Å². The molecule has 2 rings (SSSR count). The van der Waals surface area contributed by atoms with E-state index >= 15 is 0 Å². The molecule has 0 saturated heterocycles. The maximum atomic E-state index is 12.3. The number of anilines is 1. The Hall–Kier alpha value is -2.18. The summed E-state index contributed by atoms with van der Waals surface area (Å²) < 4.78 is 26.8. The van der Waals surface area contributed by atoms with Crippen LogP contribution in [0, 0.1) is 12.8 Å². The first kappa shape index (κ1) is 18.2. The number of carbonyl (C=O) groups is 1. The molecule has 2 aromatic carbocycles. The van der Waals surface area contributed by atoms with Gasteiger partial charge in [-0.15, -0.1) is 0 Å². The first-order chi connectivity index (χ1) is 11.3. The van der Waals surface area contributed by atoms with E-state index in [4.69, 9.17) is 0 Å². The summed E-state index contributed by atoms with van der Waals surface area (Å²) in [6, 6.07) is 13.4. The Morgan fingerprint density at radius 1 is 1.04 bits per heavy atom. The Morgan fingerprint density at radius 3 is 2.25 bits per heavy atom. The molecule has 24 heavy (non-hydrogen) atoms. The van der Waals surface area contributed by atoms with Crippen LogP contribution in [0.2, 0.25) is 0 Å². The molecule has 0 spiro atoms. The average Bonchev–Trinajstić information content (AvgIpc) is 2.55. The molecule has 0 fully saturated rings. The number of para-hydroxylation sites is 1. The minimum absolute atomic E-state index is 0.149. The maximum Gasteiger partial charge on any atom is 0.255 e. The lowest BCUT2D eigenvalue weighted by Crippen LogP contribution is -2.27. The van der Waals surface area contributed by atoms with Gasteiger partial charge in [-0.05, 0) is 48.7 Å². The fourth-order valence-electron chi connectivity index (χ4n) is 2.05. The predicted molar refractivity (Wildman–Crippen MR) is 95.6 cm³/mol. The fourth-order valence-corrected chi connectivity index (χ4v) is 3.27. The van der Waals surface area contributed by atoms with Crippen molar-refractivity contribution in [3.8, 4) is 0 Å². The van der Waals surface area contributed by atoms with Crippen molar-refractivity contribution in [3.63, 3.8) is 0 Å². The highest BCUT2D eigenvalue weighted by Crippen LogP contribution is 2.16. The number of hydrogen-bond donors (Lipinski definition) is 2. The number of hydrogen-bond acceptors (Lipinski definition) is 3. The molecule has 6 heteroatoms. The average molecular weight is 346 g/mol. The summed E-state index contributed by atoms with van der Waals surface area (Å²) in [5.41, 5.74) is 2.10. The zero-order chi connectivity index (χ0) is 17.7. The minimum atomic E-state index is -3.55. The summed E-state index contributed by atoms with van der Waals surface area (Å²) in [5, 5.41) is 2.82.